The summed E-state index contributed by atoms with van der Waals surface area (Å²) in [6, 6.07) is 4.33. The molecule has 1 saturated heterocycles. The Hall–Kier alpha value is -1.42. The van der Waals surface area contributed by atoms with Crippen LogP contribution < -0.4 is 10.9 Å². The Bertz CT molecular complexity index is 379. The second-order valence-corrected chi connectivity index (χ2v) is 4.24. The van der Waals surface area contributed by atoms with Crippen LogP contribution in [0.3, 0.4) is 0 Å². The molecule has 1 aliphatic carbocycles. The van der Waals surface area contributed by atoms with Crippen molar-refractivity contribution in [3.05, 3.63) is 30.1 Å². The summed E-state index contributed by atoms with van der Waals surface area (Å²) in [6.45, 7) is 0. The topological polar surface area (TPSA) is 54.0 Å². The highest BCUT2D eigenvalue weighted by atomic mass is 16.2. The summed E-state index contributed by atoms with van der Waals surface area (Å²) in [4.78, 5) is 15.8. The van der Waals surface area contributed by atoms with Crippen molar-refractivity contribution in [1.29, 1.82) is 0 Å². The molecule has 1 amide bonds. The fourth-order valence-corrected chi connectivity index (χ4v) is 2.51. The Morgan fingerprint density at radius 3 is 2.73 bits per heavy atom. The average Bonchev–Trinajstić information content (AvgIpc) is 2.24. The van der Waals surface area contributed by atoms with Crippen LogP contribution in [0, 0.1) is 5.92 Å². The molecule has 4 nitrogen and oxygen atoms in total. The van der Waals surface area contributed by atoms with Gasteiger partial charge < -0.3 is 0 Å². The average molecular weight is 203 g/mol. The van der Waals surface area contributed by atoms with Crippen LogP contribution in [-0.2, 0) is 4.79 Å². The Labute approximate surface area is 88.1 Å². The first-order chi connectivity index (χ1) is 7.36. The normalized spacial score (nSPS) is 33.9. The van der Waals surface area contributed by atoms with Gasteiger partial charge in [-0.25, -0.2) is 5.43 Å². The van der Waals surface area contributed by atoms with Gasteiger partial charge >= 0.3 is 0 Å². The first-order valence-corrected chi connectivity index (χ1v) is 5.31. The van der Waals surface area contributed by atoms with Gasteiger partial charge in [0.25, 0.3) is 0 Å². The van der Waals surface area contributed by atoms with Crippen molar-refractivity contribution in [3.8, 4) is 0 Å². The third-order valence-corrected chi connectivity index (χ3v) is 3.48. The highest BCUT2D eigenvalue weighted by Gasteiger charge is 2.44. The number of hydrogen-bond acceptors (Lipinski definition) is 3. The third kappa shape index (κ3) is 1.33. The van der Waals surface area contributed by atoms with Crippen molar-refractivity contribution < 1.29 is 4.79 Å². The van der Waals surface area contributed by atoms with E-state index < -0.39 is 0 Å². The minimum atomic E-state index is 0.00741. The van der Waals surface area contributed by atoms with Gasteiger partial charge in [0.2, 0.25) is 5.91 Å². The second kappa shape index (κ2) is 3.31. The Morgan fingerprint density at radius 2 is 2.07 bits per heavy atom. The van der Waals surface area contributed by atoms with Crippen LogP contribution in [0.15, 0.2) is 24.5 Å². The zero-order valence-electron chi connectivity index (χ0n) is 8.31. The summed E-state index contributed by atoms with van der Waals surface area (Å²) < 4.78 is 0. The van der Waals surface area contributed by atoms with E-state index in [1.165, 1.54) is 0 Å². The number of aromatic nitrogens is 1. The lowest BCUT2D eigenvalue weighted by molar-refractivity contribution is -0.130. The van der Waals surface area contributed by atoms with E-state index in [0.29, 0.717) is 12.0 Å². The lowest BCUT2D eigenvalue weighted by atomic mass is 9.68. The molecule has 0 spiro atoms. The molecule has 0 aromatic carbocycles. The fraction of sp³-hybridized carbons (Fsp3) is 0.455. The van der Waals surface area contributed by atoms with E-state index in [-0.39, 0.29) is 11.8 Å². The molecule has 3 rings (SSSR count). The SMILES string of the molecule is O=C1NNC2CCC2C1c1ccncc1. The molecule has 3 unspecified atom stereocenters. The number of hydrazine groups is 1. The van der Waals surface area contributed by atoms with E-state index in [2.05, 4.69) is 15.8 Å². The van der Waals surface area contributed by atoms with E-state index >= 15 is 0 Å². The molecule has 2 fully saturated rings. The largest absolute Gasteiger partial charge is 0.291 e. The van der Waals surface area contributed by atoms with E-state index in [0.717, 1.165) is 18.4 Å². The smallest absolute Gasteiger partial charge is 0.241 e. The number of nitrogens with one attached hydrogen (secondary N) is 2. The van der Waals surface area contributed by atoms with Crippen molar-refractivity contribution in [1.82, 2.24) is 15.8 Å². The van der Waals surface area contributed by atoms with Gasteiger partial charge in [0, 0.05) is 18.4 Å². The molecule has 1 aliphatic heterocycles. The maximum absolute atomic E-state index is 11.8. The molecule has 3 atom stereocenters. The molecule has 4 heteroatoms. The van der Waals surface area contributed by atoms with Crippen molar-refractivity contribution in [2.24, 2.45) is 5.92 Å². The molecule has 1 saturated carbocycles. The first-order valence-electron chi connectivity index (χ1n) is 5.31. The molecule has 0 radical (unpaired) electrons. The standard InChI is InChI=1S/C11H13N3O/c15-11-10(7-3-5-12-6-4-7)8-1-2-9(8)13-14-11/h3-6,8-10,13H,1-2H2,(H,14,15). The molecule has 78 valence electrons. The van der Waals surface area contributed by atoms with E-state index in [9.17, 15) is 4.79 Å². The van der Waals surface area contributed by atoms with Crippen molar-refractivity contribution in [2.45, 2.75) is 24.8 Å². The lowest BCUT2D eigenvalue weighted by Gasteiger charge is -2.45. The van der Waals surface area contributed by atoms with Crippen LogP contribution in [0.5, 0.6) is 0 Å². The summed E-state index contributed by atoms with van der Waals surface area (Å²) in [7, 11) is 0. The van der Waals surface area contributed by atoms with Crippen LogP contribution in [0.4, 0.5) is 0 Å². The summed E-state index contributed by atoms with van der Waals surface area (Å²) in [5, 5.41) is 0. The summed E-state index contributed by atoms with van der Waals surface area (Å²) in [5.41, 5.74) is 6.89. The van der Waals surface area contributed by atoms with Gasteiger partial charge in [0.1, 0.15) is 0 Å². The first kappa shape index (κ1) is 8.85. The zero-order valence-corrected chi connectivity index (χ0v) is 8.31. The van der Waals surface area contributed by atoms with Crippen molar-refractivity contribution in [2.75, 3.05) is 0 Å². The van der Waals surface area contributed by atoms with Crippen molar-refractivity contribution >= 4 is 5.91 Å². The number of carbonyl (C=O) groups is 1. The van der Waals surface area contributed by atoms with Gasteiger partial charge in [0.15, 0.2) is 0 Å². The molecule has 2 aliphatic rings. The van der Waals surface area contributed by atoms with Gasteiger partial charge in [-0.05, 0) is 36.5 Å². The maximum Gasteiger partial charge on any atom is 0.241 e. The summed E-state index contributed by atoms with van der Waals surface area (Å²) in [5.74, 6) is 0.552. The molecular weight excluding hydrogens is 190 g/mol. The van der Waals surface area contributed by atoms with Gasteiger partial charge in [0.05, 0.1) is 5.92 Å². The number of pyridine rings is 1. The van der Waals surface area contributed by atoms with Crippen LogP contribution in [0.2, 0.25) is 0 Å². The molecule has 1 aromatic rings. The van der Waals surface area contributed by atoms with Gasteiger partial charge in [-0.2, -0.15) is 0 Å². The molecule has 2 N–H and O–H groups in total. The predicted molar refractivity (Wildman–Crippen MR) is 54.8 cm³/mol. The predicted octanol–water partition coefficient (Wildman–Crippen LogP) is 0.578. The minimum Gasteiger partial charge on any atom is -0.291 e. The van der Waals surface area contributed by atoms with Crippen LogP contribution >= 0.6 is 0 Å². The molecule has 2 heterocycles. The zero-order chi connectivity index (χ0) is 10.3. The third-order valence-electron chi connectivity index (χ3n) is 3.48. The number of rotatable bonds is 1. The van der Waals surface area contributed by atoms with Crippen LogP contribution in [0.1, 0.15) is 24.3 Å². The highest BCUT2D eigenvalue weighted by Crippen LogP contribution is 2.41. The highest BCUT2D eigenvalue weighted by molar-refractivity contribution is 5.84. The number of fused-ring (bicyclic) bond motifs is 1. The monoisotopic (exact) mass is 203 g/mol. The second-order valence-electron chi connectivity index (χ2n) is 4.24. The Balaban J connectivity index is 1.92. The Morgan fingerprint density at radius 1 is 1.27 bits per heavy atom. The van der Waals surface area contributed by atoms with Gasteiger partial charge in [-0.3, -0.25) is 15.2 Å². The van der Waals surface area contributed by atoms with Crippen LogP contribution in [0.25, 0.3) is 0 Å². The summed E-state index contributed by atoms with van der Waals surface area (Å²) >= 11 is 0. The van der Waals surface area contributed by atoms with Gasteiger partial charge in [-0.15, -0.1) is 0 Å². The Kier molecular flexibility index (Phi) is 1.95. The number of nitrogens with zero attached hydrogens (tertiary/aromatic N) is 1. The van der Waals surface area contributed by atoms with Crippen LogP contribution in [-0.4, -0.2) is 16.9 Å². The van der Waals surface area contributed by atoms with E-state index in [4.69, 9.17) is 0 Å². The summed E-state index contributed by atoms with van der Waals surface area (Å²) in [6.07, 6.45) is 5.79. The molecule has 1 aromatic heterocycles. The molecule has 15 heavy (non-hydrogen) atoms. The quantitative estimate of drug-likeness (QED) is 0.702. The minimum absolute atomic E-state index is 0.00741. The van der Waals surface area contributed by atoms with E-state index in [1.54, 1.807) is 12.4 Å². The molecule has 0 bridgehead atoms. The maximum atomic E-state index is 11.8. The fourth-order valence-electron chi connectivity index (χ4n) is 2.51. The lowest BCUT2D eigenvalue weighted by Crippen LogP contribution is -2.61. The van der Waals surface area contributed by atoms with Crippen molar-refractivity contribution in [3.63, 3.8) is 0 Å². The number of amides is 1. The van der Waals surface area contributed by atoms with E-state index in [1.807, 2.05) is 12.1 Å². The number of hydrogen-bond donors (Lipinski definition) is 2. The number of carbonyl (C=O) groups excluding carboxylic acids is 1. The molecular formula is C11H13N3O. The van der Waals surface area contributed by atoms with Gasteiger partial charge in [-0.1, -0.05) is 0 Å².